The molecular formula is C28H46Si. The summed E-state index contributed by atoms with van der Waals surface area (Å²) in [5.74, 6) is 7.34. The molecule has 1 aromatic carbocycles. The van der Waals surface area contributed by atoms with Gasteiger partial charge in [0.1, 0.15) is 0 Å². The first-order valence-electron chi connectivity index (χ1n) is 12.8. The molecule has 0 aliphatic heterocycles. The molecule has 1 heteroatoms. The molecule has 10 atom stereocenters. The molecule has 0 amide bonds. The van der Waals surface area contributed by atoms with Gasteiger partial charge in [-0.05, 0) is 76.8 Å². The number of hydrogen-bond donors (Lipinski definition) is 0. The fraction of sp³-hybridized carbons (Fsp3) is 0.786. The van der Waals surface area contributed by atoms with Crippen LogP contribution in [0.15, 0.2) is 30.3 Å². The molecule has 3 aliphatic rings. The van der Waals surface area contributed by atoms with Crippen molar-refractivity contribution in [1.82, 2.24) is 0 Å². The zero-order chi connectivity index (χ0) is 20.9. The van der Waals surface area contributed by atoms with Gasteiger partial charge in [0.25, 0.3) is 0 Å². The predicted octanol–water partition coefficient (Wildman–Crippen LogP) is 8.62. The molecule has 1 aromatic rings. The second-order valence-corrected chi connectivity index (χ2v) is 17.2. The van der Waals surface area contributed by atoms with Crippen molar-refractivity contribution in [2.45, 2.75) is 96.8 Å². The Morgan fingerprint density at radius 1 is 0.793 bits per heavy atom. The Bertz CT molecular complexity index is 665. The van der Waals surface area contributed by atoms with E-state index in [2.05, 4.69) is 78.0 Å². The molecule has 0 N–H and O–H groups in total. The fourth-order valence-corrected chi connectivity index (χ4v) is 15.2. The van der Waals surface area contributed by atoms with E-state index in [4.69, 9.17) is 0 Å². The molecule has 0 bridgehead atoms. The van der Waals surface area contributed by atoms with E-state index in [1.165, 1.54) is 32.1 Å². The molecule has 0 radical (unpaired) electrons. The fourth-order valence-electron chi connectivity index (χ4n) is 8.99. The van der Waals surface area contributed by atoms with Gasteiger partial charge in [-0.1, -0.05) is 97.3 Å². The summed E-state index contributed by atoms with van der Waals surface area (Å²) in [5.41, 5.74) is 3.66. The predicted molar refractivity (Wildman–Crippen MR) is 130 cm³/mol. The van der Waals surface area contributed by atoms with Gasteiger partial charge in [0, 0.05) is 0 Å². The SMILES string of the molecule is CC(c1ccccc1)C1CC([Si](C)(C)C2C(C)C(C)[C@@H](C)[C@H]2C)C2CCCCC12. The zero-order valence-electron chi connectivity index (χ0n) is 20.2. The summed E-state index contributed by atoms with van der Waals surface area (Å²) in [4.78, 5) is 0. The molecule has 29 heavy (non-hydrogen) atoms. The number of fused-ring (bicyclic) bond motifs is 1. The Hall–Kier alpha value is -0.563. The smallest absolute Gasteiger partial charge is 0.0544 e. The summed E-state index contributed by atoms with van der Waals surface area (Å²) in [6, 6.07) is 11.5. The van der Waals surface area contributed by atoms with Crippen LogP contribution in [0.5, 0.6) is 0 Å². The second kappa shape index (κ2) is 8.17. The first-order valence-corrected chi connectivity index (χ1v) is 16.0. The zero-order valence-corrected chi connectivity index (χ0v) is 21.2. The molecule has 0 spiro atoms. The maximum atomic E-state index is 2.82. The van der Waals surface area contributed by atoms with Gasteiger partial charge in [-0.3, -0.25) is 0 Å². The third kappa shape index (κ3) is 3.58. The van der Waals surface area contributed by atoms with Crippen molar-refractivity contribution in [3.63, 3.8) is 0 Å². The number of hydrogen-bond acceptors (Lipinski definition) is 0. The Morgan fingerprint density at radius 2 is 1.34 bits per heavy atom. The maximum absolute atomic E-state index is 2.82. The third-order valence-electron chi connectivity index (χ3n) is 10.9. The van der Waals surface area contributed by atoms with E-state index >= 15 is 0 Å². The first-order chi connectivity index (χ1) is 13.7. The van der Waals surface area contributed by atoms with Crippen LogP contribution < -0.4 is 0 Å². The third-order valence-corrected chi connectivity index (χ3v) is 16.2. The van der Waals surface area contributed by atoms with Crippen LogP contribution in [-0.4, -0.2) is 8.07 Å². The molecule has 0 aromatic heterocycles. The minimum Gasteiger partial charge on any atom is -0.0689 e. The standard InChI is InChI=1S/C28H46Si/c1-18-19(2)21(4)28(20(18)3)29(6,7)27-17-26(24-15-11-12-16-25(24)27)22(5)23-13-9-8-10-14-23/h8-10,13-14,18-22,24-28H,11-12,15-17H2,1-7H3/t18-,19?,20-,21?,22?,24?,25?,26?,27?,28?/m1/s1. The minimum absolute atomic E-state index is 0.730. The normalized spacial score (nSPS) is 43.9. The Kier molecular flexibility index (Phi) is 6.10. The molecule has 0 saturated heterocycles. The highest BCUT2D eigenvalue weighted by atomic mass is 28.3. The first kappa shape index (κ1) is 21.7. The summed E-state index contributed by atoms with van der Waals surface area (Å²) in [7, 11) is -1.34. The lowest BCUT2D eigenvalue weighted by atomic mass is 9.73. The summed E-state index contributed by atoms with van der Waals surface area (Å²) in [6.45, 7) is 18.5. The van der Waals surface area contributed by atoms with Gasteiger partial charge in [-0.15, -0.1) is 0 Å². The van der Waals surface area contributed by atoms with Gasteiger partial charge in [0.2, 0.25) is 0 Å². The minimum atomic E-state index is -1.34. The van der Waals surface area contributed by atoms with Crippen LogP contribution in [0.3, 0.4) is 0 Å². The molecule has 0 heterocycles. The van der Waals surface area contributed by atoms with E-state index < -0.39 is 8.07 Å². The van der Waals surface area contributed by atoms with Crippen LogP contribution in [0.25, 0.3) is 0 Å². The number of rotatable bonds is 4. The Morgan fingerprint density at radius 3 is 1.93 bits per heavy atom. The van der Waals surface area contributed by atoms with Crippen LogP contribution in [0, 0.1) is 41.4 Å². The quantitative estimate of drug-likeness (QED) is 0.436. The highest BCUT2D eigenvalue weighted by Gasteiger charge is 2.57. The van der Waals surface area contributed by atoms with Crippen molar-refractivity contribution >= 4 is 8.07 Å². The lowest BCUT2D eigenvalue weighted by Gasteiger charge is -2.45. The highest BCUT2D eigenvalue weighted by Crippen LogP contribution is 2.64. The molecule has 3 aliphatic carbocycles. The van der Waals surface area contributed by atoms with Gasteiger partial charge in [0.15, 0.2) is 0 Å². The molecule has 8 unspecified atom stereocenters. The molecule has 3 fully saturated rings. The monoisotopic (exact) mass is 410 g/mol. The molecule has 0 nitrogen and oxygen atoms in total. The van der Waals surface area contributed by atoms with Crippen LogP contribution >= 0.6 is 0 Å². The van der Waals surface area contributed by atoms with Gasteiger partial charge < -0.3 is 0 Å². The lowest BCUT2D eigenvalue weighted by Crippen LogP contribution is -2.44. The van der Waals surface area contributed by atoms with Crippen molar-refractivity contribution < 1.29 is 0 Å². The van der Waals surface area contributed by atoms with Crippen LogP contribution in [0.1, 0.15) is 78.2 Å². The largest absolute Gasteiger partial charge is 0.0689 e. The Labute approximate surface area is 182 Å². The summed E-state index contributed by atoms with van der Waals surface area (Å²) >= 11 is 0. The van der Waals surface area contributed by atoms with Crippen LogP contribution in [0.4, 0.5) is 0 Å². The summed E-state index contributed by atoms with van der Waals surface area (Å²) < 4.78 is 0. The van der Waals surface area contributed by atoms with E-state index in [0.717, 1.165) is 58.4 Å². The molecular weight excluding hydrogens is 364 g/mol. The van der Waals surface area contributed by atoms with Crippen molar-refractivity contribution in [2.24, 2.45) is 41.4 Å². The average Bonchev–Trinajstić information content (AvgIpc) is 3.21. The molecule has 4 rings (SSSR count). The lowest BCUT2D eigenvalue weighted by molar-refractivity contribution is 0.210. The van der Waals surface area contributed by atoms with E-state index in [-0.39, 0.29) is 0 Å². The second-order valence-electron chi connectivity index (χ2n) is 12.1. The molecule has 3 saturated carbocycles. The van der Waals surface area contributed by atoms with E-state index in [1.54, 1.807) is 5.56 Å². The van der Waals surface area contributed by atoms with Gasteiger partial charge in [-0.25, -0.2) is 0 Å². The Balaban J connectivity index is 1.63. The van der Waals surface area contributed by atoms with Gasteiger partial charge in [-0.2, -0.15) is 0 Å². The summed E-state index contributed by atoms with van der Waals surface area (Å²) in [5, 5.41) is 0. The van der Waals surface area contributed by atoms with E-state index in [0.29, 0.717) is 0 Å². The van der Waals surface area contributed by atoms with Crippen LogP contribution in [-0.2, 0) is 0 Å². The van der Waals surface area contributed by atoms with Crippen LogP contribution in [0.2, 0.25) is 24.2 Å². The van der Waals surface area contributed by atoms with Gasteiger partial charge >= 0.3 is 0 Å². The van der Waals surface area contributed by atoms with E-state index in [9.17, 15) is 0 Å². The van der Waals surface area contributed by atoms with Crippen molar-refractivity contribution in [1.29, 1.82) is 0 Å². The summed E-state index contributed by atoms with van der Waals surface area (Å²) in [6.07, 6.45) is 7.55. The highest BCUT2D eigenvalue weighted by molar-refractivity contribution is 6.80. The maximum Gasteiger partial charge on any atom is 0.0544 e. The van der Waals surface area contributed by atoms with Crippen molar-refractivity contribution in [2.75, 3.05) is 0 Å². The number of benzene rings is 1. The van der Waals surface area contributed by atoms with Crippen molar-refractivity contribution in [3.05, 3.63) is 35.9 Å². The van der Waals surface area contributed by atoms with E-state index in [1.807, 2.05) is 0 Å². The van der Waals surface area contributed by atoms with Gasteiger partial charge in [0.05, 0.1) is 8.07 Å². The average molecular weight is 411 g/mol. The van der Waals surface area contributed by atoms with Crippen molar-refractivity contribution in [3.8, 4) is 0 Å². The topological polar surface area (TPSA) is 0 Å². The molecule has 162 valence electrons.